The lowest BCUT2D eigenvalue weighted by Gasteiger charge is -2.07. The number of nitrogens with two attached hydrogens (primary N) is 1. The van der Waals surface area contributed by atoms with E-state index >= 15 is 0 Å². The Morgan fingerprint density at radius 2 is 1.95 bits per heavy atom. The van der Waals surface area contributed by atoms with Crippen LogP contribution in [0.5, 0.6) is 0 Å². The average Bonchev–Trinajstić information content (AvgIpc) is 2.42. The van der Waals surface area contributed by atoms with Crippen LogP contribution in [0.25, 0.3) is 0 Å². The zero-order valence-corrected chi connectivity index (χ0v) is 10.2. The fourth-order valence-electron chi connectivity index (χ4n) is 1.70. The van der Waals surface area contributed by atoms with Crippen molar-refractivity contribution in [2.24, 2.45) is 5.73 Å². The quantitative estimate of drug-likeness (QED) is 0.739. The summed E-state index contributed by atoms with van der Waals surface area (Å²) in [5.41, 5.74) is 7.12. The van der Waals surface area contributed by atoms with Crippen LogP contribution >= 0.6 is 0 Å². The molecule has 6 heteroatoms. The Balaban J connectivity index is 2.05. The van der Waals surface area contributed by atoms with E-state index in [-0.39, 0.29) is 17.9 Å². The van der Waals surface area contributed by atoms with E-state index in [4.69, 9.17) is 5.73 Å². The van der Waals surface area contributed by atoms with E-state index in [9.17, 15) is 9.59 Å². The summed E-state index contributed by atoms with van der Waals surface area (Å²) in [6.07, 6.45) is 0.216. The largest absolute Gasteiger partial charge is 0.326 e. The number of rotatable bonds is 4. The fourth-order valence-corrected chi connectivity index (χ4v) is 1.70. The topological polar surface area (TPSA) is 101 Å². The van der Waals surface area contributed by atoms with Crippen LogP contribution in [0.15, 0.2) is 41.2 Å². The molecule has 0 radical (unpaired) electrons. The maximum absolute atomic E-state index is 11.9. The maximum Gasteiger partial charge on any atom is 0.264 e. The van der Waals surface area contributed by atoms with E-state index in [1.54, 1.807) is 0 Å². The Kier molecular flexibility index (Phi) is 4.04. The van der Waals surface area contributed by atoms with Gasteiger partial charge in [0, 0.05) is 12.6 Å². The first-order chi connectivity index (χ1) is 9.19. The molecule has 1 amide bonds. The molecule has 2 rings (SSSR count). The summed E-state index contributed by atoms with van der Waals surface area (Å²) >= 11 is 0. The highest BCUT2D eigenvalue weighted by molar-refractivity contribution is 5.91. The van der Waals surface area contributed by atoms with Crippen LogP contribution in [-0.4, -0.2) is 16.1 Å². The van der Waals surface area contributed by atoms with Crippen molar-refractivity contribution in [1.29, 1.82) is 0 Å². The number of aromatic amines is 1. The first-order valence-corrected chi connectivity index (χ1v) is 5.81. The number of nitrogens with one attached hydrogen (secondary N) is 2. The Morgan fingerprint density at radius 1 is 1.21 bits per heavy atom. The van der Waals surface area contributed by atoms with E-state index < -0.39 is 0 Å². The summed E-state index contributed by atoms with van der Waals surface area (Å²) in [5.74, 6) is 0.107. The van der Waals surface area contributed by atoms with Crippen molar-refractivity contribution >= 4 is 11.7 Å². The van der Waals surface area contributed by atoms with E-state index in [2.05, 4.69) is 15.5 Å². The lowest BCUT2D eigenvalue weighted by Crippen LogP contribution is -2.18. The minimum atomic E-state index is -0.313. The molecule has 0 saturated heterocycles. The second kappa shape index (κ2) is 5.92. The maximum atomic E-state index is 11.9. The number of aromatic nitrogens is 2. The summed E-state index contributed by atoms with van der Waals surface area (Å²) in [5, 5.41) is 8.57. The third-order valence-electron chi connectivity index (χ3n) is 2.64. The molecule has 0 aliphatic heterocycles. The molecule has 0 spiro atoms. The highest BCUT2D eigenvalue weighted by Crippen LogP contribution is 2.09. The molecular formula is C13H14N4O2. The Bertz CT molecular complexity index is 616. The van der Waals surface area contributed by atoms with Crippen molar-refractivity contribution < 1.29 is 4.79 Å². The molecule has 0 saturated carbocycles. The molecule has 0 aliphatic rings. The number of hydrogen-bond acceptors (Lipinski definition) is 4. The Hall–Kier alpha value is -2.47. The van der Waals surface area contributed by atoms with Gasteiger partial charge >= 0.3 is 0 Å². The summed E-state index contributed by atoms with van der Waals surface area (Å²) in [6, 6.07) is 10.2. The lowest BCUT2D eigenvalue weighted by molar-refractivity contribution is -0.115. The standard InChI is InChI=1S/C13H14N4O2/c14-8-10-4-2-1-3-9(10)7-13(19)15-11-5-6-12(18)17-16-11/h1-6H,7-8,14H2,(H,17,18)(H,15,16,19). The van der Waals surface area contributed by atoms with E-state index in [1.807, 2.05) is 24.3 Å². The van der Waals surface area contributed by atoms with Crippen molar-refractivity contribution in [3.05, 3.63) is 57.9 Å². The van der Waals surface area contributed by atoms with Crippen molar-refractivity contribution in [2.45, 2.75) is 13.0 Å². The Morgan fingerprint density at radius 3 is 2.58 bits per heavy atom. The molecule has 0 atom stereocenters. The van der Waals surface area contributed by atoms with E-state index in [0.29, 0.717) is 12.4 Å². The van der Waals surface area contributed by atoms with Gasteiger partial charge in [0.15, 0.2) is 5.82 Å². The third kappa shape index (κ3) is 3.49. The number of carbonyl (C=O) groups is 1. The van der Waals surface area contributed by atoms with E-state index in [1.165, 1.54) is 12.1 Å². The molecule has 19 heavy (non-hydrogen) atoms. The summed E-state index contributed by atoms with van der Waals surface area (Å²) in [6.45, 7) is 0.389. The van der Waals surface area contributed by atoms with Gasteiger partial charge in [0.25, 0.3) is 5.56 Å². The number of hydrogen-bond donors (Lipinski definition) is 3. The first-order valence-electron chi connectivity index (χ1n) is 5.81. The predicted molar refractivity (Wildman–Crippen MR) is 71.5 cm³/mol. The molecule has 1 aromatic heterocycles. The van der Waals surface area contributed by atoms with Gasteiger partial charge in [-0.25, -0.2) is 5.10 Å². The van der Waals surface area contributed by atoms with Gasteiger partial charge in [-0.3, -0.25) is 9.59 Å². The van der Waals surface area contributed by atoms with Crippen LogP contribution in [0.2, 0.25) is 0 Å². The monoisotopic (exact) mass is 258 g/mol. The molecule has 0 fully saturated rings. The van der Waals surface area contributed by atoms with Gasteiger partial charge in [-0.05, 0) is 17.2 Å². The summed E-state index contributed by atoms with van der Waals surface area (Å²) < 4.78 is 0. The predicted octanol–water partition coefficient (Wildman–Crippen LogP) is 0.410. The minimum absolute atomic E-state index is 0.208. The van der Waals surface area contributed by atoms with Crippen molar-refractivity contribution in [3.8, 4) is 0 Å². The number of amides is 1. The molecule has 2 aromatic rings. The zero-order chi connectivity index (χ0) is 13.7. The smallest absolute Gasteiger partial charge is 0.264 e. The third-order valence-corrected chi connectivity index (χ3v) is 2.64. The molecule has 6 nitrogen and oxygen atoms in total. The summed E-state index contributed by atoms with van der Waals surface area (Å²) in [7, 11) is 0. The number of benzene rings is 1. The van der Waals surface area contributed by atoms with Crippen LogP contribution in [0.1, 0.15) is 11.1 Å². The minimum Gasteiger partial charge on any atom is -0.326 e. The second-order valence-electron chi connectivity index (χ2n) is 4.00. The van der Waals surface area contributed by atoms with Crippen LogP contribution in [-0.2, 0) is 17.8 Å². The first kappa shape index (κ1) is 13.0. The molecule has 0 aliphatic carbocycles. The van der Waals surface area contributed by atoms with Gasteiger partial charge in [0.2, 0.25) is 5.91 Å². The van der Waals surface area contributed by atoms with Crippen LogP contribution < -0.4 is 16.6 Å². The molecule has 4 N–H and O–H groups in total. The highest BCUT2D eigenvalue weighted by atomic mass is 16.1. The molecule has 1 heterocycles. The zero-order valence-electron chi connectivity index (χ0n) is 10.2. The SMILES string of the molecule is NCc1ccccc1CC(=O)Nc1ccc(=O)[nH]n1. The fraction of sp³-hybridized carbons (Fsp3) is 0.154. The van der Waals surface area contributed by atoms with Gasteiger partial charge in [0.05, 0.1) is 6.42 Å². The van der Waals surface area contributed by atoms with Gasteiger partial charge in [-0.1, -0.05) is 24.3 Å². The average molecular weight is 258 g/mol. The van der Waals surface area contributed by atoms with Crippen molar-refractivity contribution in [1.82, 2.24) is 10.2 Å². The number of H-pyrrole nitrogens is 1. The van der Waals surface area contributed by atoms with Gasteiger partial charge in [-0.15, -0.1) is 0 Å². The molecule has 1 aromatic carbocycles. The molecule has 0 bridgehead atoms. The van der Waals surface area contributed by atoms with Crippen LogP contribution in [0.4, 0.5) is 5.82 Å². The van der Waals surface area contributed by atoms with Gasteiger partial charge < -0.3 is 11.1 Å². The highest BCUT2D eigenvalue weighted by Gasteiger charge is 2.07. The second-order valence-corrected chi connectivity index (χ2v) is 4.00. The molecular weight excluding hydrogens is 244 g/mol. The Labute approximate surface area is 109 Å². The van der Waals surface area contributed by atoms with Crippen molar-refractivity contribution in [2.75, 3.05) is 5.32 Å². The lowest BCUT2D eigenvalue weighted by atomic mass is 10.0. The van der Waals surface area contributed by atoms with Crippen LogP contribution in [0, 0.1) is 0 Å². The summed E-state index contributed by atoms with van der Waals surface area (Å²) in [4.78, 5) is 22.7. The molecule has 0 unspecified atom stereocenters. The van der Waals surface area contributed by atoms with Gasteiger partial charge in [0.1, 0.15) is 0 Å². The number of carbonyl (C=O) groups excluding carboxylic acids is 1. The van der Waals surface area contributed by atoms with E-state index in [0.717, 1.165) is 11.1 Å². The normalized spacial score (nSPS) is 10.2. The molecule has 98 valence electrons. The number of nitrogens with zero attached hydrogens (tertiary/aromatic N) is 1. The van der Waals surface area contributed by atoms with Gasteiger partial charge in [-0.2, -0.15) is 5.10 Å². The number of anilines is 1. The van der Waals surface area contributed by atoms with Crippen LogP contribution in [0.3, 0.4) is 0 Å². The van der Waals surface area contributed by atoms with Crippen molar-refractivity contribution in [3.63, 3.8) is 0 Å².